The van der Waals surface area contributed by atoms with Gasteiger partial charge in [0.25, 0.3) is 0 Å². The maximum absolute atomic E-state index is 11.2. The number of rotatable bonds is 6. The van der Waals surface area contributed by atoms with Gasteiger partial charge in [0, 0.05) is 0 Å². The summed E-state index contributed by atoms with van der Waals surface area (Å²) in [5, 5.41) is 17.5. The van der Waals surface area contributed by atoms with Crippen molar-refractivity contribution in [1.29, 1.82) is 0 Å². The summed E-state index contributed by atoms with van der Waals surface area (Å²) in [5.74, 6) is -4.57. The van der Waals surface area contributed by atoms with Gasteiger partial charge in [0.2, 0.25) is 0 Å². The van der Waals surface area contributed by atoms with Gasteiger partial charge in [0.15, 0.2) is 5.92 Å². The Morgan fingerprint density at radius 2 is 1.63 bits per heavy atom. The molecule has 6 nitrogen and oxygen atoms in total. The van der Waals surface area contributed by atoms with Crippen molar-refractivity contribution in [2.75, 3.05) is 7.11 Å². The SMILES string of the molecule is COC(=O)c1ccc(CCC(C(=O)O)C(=O)O)cc1. The molecule has 0 unspecified atom stereocenters. The van der Waals surface area contributed by atoms with E-state index < -0.39 is 23.8 Å². The zero-order chi connectivity index (χ0) is 14.4. The number of esters is 1. The van der Waals surface area contributed by atoms with Gasteiger partial charge in [0.05, 0.1) is 12.7 Å². The van der Waals surface area contributed by atoms with Crippen LogP contribution in [0.3, 0.4) is 0 Å². The maximum atomic E-state index is 11.2. The molecular formula is C13H14O6. The van der Waals surface area contributed by atoms with E-state index in [9.17, 15) is 14.4 Å². The van der Waals surface area contributed by atoms with Crippen LogP contribution in [-0.4, -0.2) is 35.2 Å². The average Bonchev–Trinajstić information content (AvgIpc) is 2.38. The monoisotopic (exact) mass is 266 g/mol. The quantitative estimate of drug-likeness (QED) is 0.592. The lowest BCUT2D eigenvalue weighted by molar-refractivity contribution is -0.154. The third kappa shape index (κ3) is 4.09. The van der Waals surface area contributed by atoms with Crippen LogP contribution in [0.5, 0.6) is 0 Å². The standard InChI is InChI=1S/C13H14O6/c1-19-13(18)9-5-2-8(3-6-9)4-7-10(11(14)15)12(16)17/h2-3,5-6,10H,4,7H2,1H3,(H,14,15)(H,16,17). The molecule has 0 heterocycles. The fraction of sp³-hybridized carbons (Fsp3) is 0.308. The van der Waals surface area contributed by atoms with Crippen LogP contribution in [0.15, 0.2) is 24.3 Å². The molecule has 19 heavy (non-hydrogen) atoms. The topological polar surface area (TPSA) is 101 Å². The Kier molecular flexibility index (Phi) is 5.05. The second-order valence-electron chi connectivity index (χ2n) is 3.96. The lowest BCUT2D eigenvalue weighted by Gasteiger charge is -2.07. The number of benzene rings is 1. The highest BCUT2D eigenvalue weighted by atomic mass is 16.5. The van der Waals surface area contributed by atoms with E-state index in [4.69, 9.17) is 10.2 Å². The molecule has 0 saturated heterocycles. The number of ether oxygens (including phenoxy) is 1. The van der Waals surface area contributed by atoms with Crippen LogP contribution in [-0.2, 0) is 20.7 Å². The van der Waals surface area contributed by atoms with Gasteiger partial charge in [-0.2, -0.15) is 0 Å². The minimum absolute atomic E-state index is 0.00222. The predicted octanol–water partition coefficient (Wildman–Crippen LogP) is 1.19. The number of carboxylic acid groups (broad SMARTS) is 2. The smallest absolute Gasteiger partial charge is 0.337 e. The molecular weight excluding hydrogens is 252 g/mol. The largest absolute Gasteiger partial charge is 0.481 e. The summed E-state index contributed by atoms with van der Waals surface area (Å²) < 4.78 is 4.54. The number of aliphatic carboxylic acids is 2. The maximum Gasteiger partial charge on any atom is 0.337 e. The molecule has 0 saturated carbocycles. The summed E-state index contributed by atoms with van der Waals surface area (Å²) in [5.41, 5.74) is 1.15. The number of hydrogen-bond acceptors (Lipinski definition) is 4. The number of methoxy groups -OCH3 is 1. The Bertz CT molecular complexity index is 462. The van der Waals surface area contributed by atoms with Crippen molar-refractivity contribution >= 4 is 17.9 Å². The van der Waals surface area contributed by atoms with Crippen molar-refractivity contribution in [3.8, 4) is 0 Å². The van der Waals surface area contributed by atoms with E-state index in [2.05, 4.69) is 4.74 Å². The molecule has 2 N–H and O–H groups in total. The van der Waals surface area contributed by atoms with E-state index in [1.807, 2.05) is 0 Å². The summed E-state index contributed by atoms with van der Waals surface area (Å²) >= 11 is 0. The molecule has 0 aliphatic rings. The van der Waals surface area contributed by atoms with Crippen LogP contribution in [0, 0.1) is 5.92 Å². The van der Waals surface area contributed by atoms with Crippen LogP contribution in [0.2, 0.25) is 0 Å². The molecule has 0 aliphatic carbocycles. The zero-order valence-electron chi connectivity index (χ0n) is 10.3. The highest BCUT2D eigenvalue weighted by Crippen LogP contribution is 2.12. The Balaban J connectivity index is 2.66. The Morgan fingerprint density at radius 3 is 2.05 bits per heavy atom. The molecule has 6 heteroatoms. The van der Waals surface area contributed by atoms with E-state index in [0.29, 0.717) is 12.0 Å². The van der Waals surface area contributed by atoms with Crippen molar-refractivity contribution in [3.05, 3.63) is 35.4 Å². The van der Waals surface area contributed by atoms with E-state index >= 15 is 0 Å². The molecule has 0 radical (unpaired) electrons. The summed E-state index contributed by atoms with van der Waals surface area (Å²) in [7, 11) is 1.28. The van der Waals surface area contributed by atoms with Crippen LogP contribution >= 0.6 is 0 Å². The summed E-state index contributed by atoms with van der Waals surface area (Å²) in [6.45, 7) is 0. The lowest BCUT2D eigenvalue weighted by atomic mass is 9.99. The molecule has 0 atom stereocenters. The average molecular weight is 266 g/mol. The highest BCUT2D eigenvalue weighted by molar-refractivity contribution is 5.92. The normalized spacial score (nSPS) is 10.2. The Morgan fingerprint density at radius 1 is 1.11 bits per heavy atom. The Hall–Kier alpha value is -2.37. The zero-order valence-corrected chi connectivity index (χ0v) is 10.3. The van der Waals surface area contributed by atoms with Gasteiger partial charge >= 0.3 is 17.9 Å². The van der Waals surface area contributed by atoms with Gasteiger partial charge in [-0.15, -0.1) is 0 Å². The van der Waals surface area contributed by atoms with Gasteiger partial charge in [-0.3, -0.25) is 9.59 Å². The molecule has 0 spiro atoms. The molecule has 0 amide bonds. The van der Waals surface area contributed by atoms with Gasteiger partial charge in [-0.25, -0.2) is 4.79 Å². The van der Waals surface area contributed by atoms with Crippen molar-refractivity contribution in [1.82, 2.24) is 0 Å². The molecule has 0 aromatic heterocycles. The minimum atomic E-state index is -1.42. The first-order valence-electron chi connectivity index (χ1n) is 5.58. The molecule has 1 rings (SSSR count). The molecule has 0 bridgehead atoms. The van der Waals surface area contributed by atoms with Gasteiger partial charge in [-0.1, -0.05) is 12.1 Å². The van der Waals surface area contributed by atoms with Crippen molar-refractivity contribution < 1.29 is 29.3 Å². The van der Waals surface area contributed by atoms with E-state index in [0.717, 1.165) is 5.56 Å². The lowest BCUT2D eigenvalue weighted by Crippen LogP contribution is -2.23. The second kappa shape index (κ2) is 6.53. The molecule has 0 aliphatic heterocycles. The van der Waals surface area contributed by atoms with E-state index in [1.54, 1.807) is 24.3 Å². The molecule has 0 fully saturated rings. The number of aryl methyl sites for hydroxylation is 1. The van der Waals surface area contributed by atoms with Crippen LogP contribution < -0.4 is 0 Å². The van der Waals surface area contributed by atoms with Crippen molar-refractivity contribution in [2.45, 2.75) is 12.8 Å². The molecule has 1 aromatic rings. The first kappa shape index (κ1) is 14.7. The predicted molar refractivity (Wildman–Crippen MR) is 64.9 cm³/mol. The van der Waals surface area contributed by atoms with Crippen LogP contribution in [0.1, 0.15) is 22.3 Å². The van der Waals surface area contributed by atoms with Crippen LogP contribution in [0.25, 0.3) is 0 Å². The summed E-state index contributed by atoms with van der Waals surface area (Å²) in [6.07, 6.45) is 0.312. The van der Waals surface area contributed by atoms with Gasteiger partial charge in [0.1, 0.15) is 0 Å². The van der Waals surface area contributed by atoms with Crippen molar-refractivity contribution in [3.63, 3.8) is 0 Å². The minimum Gasteiger partial charge on any atom is -0.481 e. The fourth-order valence-electron chi connectivity index (χ4n) is 1.59. The first-order valence-corrected chi connectivity index (χ1v) is 5.58. The van der Waals surface area contributed by atoms with E-state index in [1.165, 1.54) is 7.11 Å². The summed E-state index contributed by atoms with van der Waals surface area (Å²) in [6, 6.07) is 6.40. The van der Waals surface area contributed by atoms with Crippen LogP contribution in [0.4, 0.5) is 0 Å². The third-order valence-electron chi connectivity index (χ3n) is 2.69. The molecule has 1 aromatic carbocycles. The third-order valence-corrected chi connectivity index (χ3v) is 2.69. The molecule has 102 valence electrons. The van der Waals surface area contributed by atoms with Gasteiger partial charge < -0.3 is 14.9 Å². The first-order chi connectivity index (χ1) is 8.95. The Labute approximate surface area is 109 Å². The highest BCUT2D eigenvalue weighted by Gasteiger charge is 2.25. The number of carbonyl (C=O) groups excluding carboxylic acids is 1. The van der Waals surface area contributed by atoms with Gasteiger partial charge in [-0.05, 0) is 30.5 Å². The summed E-state index contributed by atoms with van der Waals surface area (Å²) in [4.78, 5) is 32.6. The fourth-order valence-corrected chi connectivity index (χ4v) is 1.59. The number of carboxylic acids is 2. The number of carbonyl (C=O) groups is 3. The second-order valence-corrected chi connectivity index (χ2v) is 3.96. The van der Waals surface area contributed by atoms with E-state index in [-0.39, 0.29) is 6.42 Å². The number of hydrogen-bond donors (Lipinski definition) is 2. The van der Waals surface area contributed by atoms with Crippen molar-refractivity contribution in [2.24, 2.45) is 5.92 Å².